The standard InChI is InChI=1S/C20H18N2O5/c23-19(8-9-20(24)25)22-16(13-4-2-1-3-5-13)11-15(21-22)14-6-7-17-18(10-14)27-12-26-17/h1-7,10,16H,8-9,11-12H2,(H,24,25)/t16-/m1/s1. The molecule has 0 unspecified atom stereocenters. The second kappa shape index (κ2) is 7.11. The molecule has 27 heavy (non-hydrogen) atoms. The third-order valence-corrected chi connectivity index (χ3v) is 4.61. The molecule has 0 radical (unpaired) electrons. The van der Waals surface area contributed by atoms with Crippen LogP contribution in [-0.4, -0.2) is 34.5 Å². The van der Waals surface area contributed by atoms with E-state index in [0.717, 1.165) is 16.8 Å². The predicted octanol–water partition coefficient (Wildman–Crippen LogP) is 2.96. The average molecular weight is 366 g/mol. The van der Waals surface area contributed by atoms with Crippen molar-refractivity contribution in [3.8, 4) is 11.5 Å². The van der Waals surface area contributed by atoms with Gasteiger partial charge in [-0.15, -0.1) is 0 Å². The number of amides is 1. The van der Waals surface area contributed by atoms with E-state index < -0.39 is 5.97 Å². The van der Waals surface area contributed by atoms with Crippen molar-refractivity contribution in [2.75, 3.05) is 6.79 Å². The zero-order valence-electron chi connectivity index (χ0n) is 14.5. The number of fused-ring (bicyclic) bond motifs is 1. The van der Waals surface area contributed by atoms with Crippen LogP contribution >= 0.6 is 0 Å². The molecule has 0 aromatic heterocycles. The third kappa shape index (κ3) is 3.48. The fraction of sp³-hybridized carbons (Fsp3) is 0.250. The van der Waals surface area contributed by atoms with E-state index in [0.29, 0.717) is 17.9 Å². The van der Waals surface area contributed by atoms with Crippen LogP contribution in [0.3, 0.4) is 0 Å². The van der Waals surface area contributed by atoms with Gasteiger partial charge in [0.25, 0.3) is 0 Å². The molecule has 0 saturated carbocycles. The predicted molar refractivity (Wildman–Crippen MR) is 96.6 cm³/mol. The molecule has 0 spiro atoms. The van der Waals surface area contributed by atoms with Crippen LogP contribution < -0.4 is 9.47 Å². The van der Waals surface area contributed by atoms with E-state index >= 15 is 0 Å². The third-order valence-electron chi connectivity index (χ3n) is 4.61. The van der Waals surface area contributed by atoms with E-state index in [-0.39, 0.29) is 31.6 Å². The van der Waals surface area contributed by atoms with Gasteiger partial charge >= 0.3 is 5.97 Å². The average Bonchev–Trinajstić information content (AvgIpc) is 3.33. The Morgan fingerprint density at radius 2 is 1.85 bits per heavy atom. The van der Waals surface area contributed by atoms with Crippen molar-refractivity contribution >= 4 is 17.6 Å². The molecule has 7 nitrogen and oxygen atoms in total. The van der Waals surface area contributed by atoms with E-state index in [1.165, 1.54) is 5.01 Å². The number of hydrogen-bond acceptors (Lipinski definition) is 5. The normalized spacial score (nSPS) is 17.7. The minimum absolute atomic E-state index is 0.0867. The number of carbonyl (C=O) groups is 2. The van der Waals surface area contributed by atoms with E-state index in [9.17, 15) is 9.59 Å². The lowest BCUT2D eigenvalue weighted by molar-refractivity contribution is -0.141. The number of rotatable bonds is 5. The van der Waals surface area contributed by atoms with Gasteiger partial charge in [-0.2, -0.15) is 5.10 Å². The lowest BCUT2D eigenvalue weighted by atomic mass is 9.98. The summed E-state index contributed by atoms with van der Waals surface area (Å²) in [4.78, 5) is 23.4. The summed E-state index contributed by atoms with van der Waals surface area (Å²) in [5.74, 6) is 0.0363. The van der Waals surface area contributed by atoms with E-state index in [1.54, 1.807) is 0 Å². The molecule has 2 aromatic carbocycles. The minimum atomic E-state index is -1.00. The number of carboxylic acid groups (broad SMARTS) is 1. The lowest BCUT2D eigenvalue weighted by Crippen LogP contribution is -2.27. The maximum atomic E-state index is 12.6. The molecule has 0 aliphatic carbocycles. The second-order valence-corrected chi connectivity index (χ2v) is 6.38. The highest BCUT2D eigenvalue weighted by Gasteiger charge is 2.33. The summed E-state index contributed by atoms with van der Waals surface area (Å²) in [5.41, 5.74) is 2.57. The van der Waals surface area contributed by atoms with Gasteiger partial charge in [0.05, 0.1) is 18.2 Å². The number of carbonyl (C=O) groups excluding carboxylic acids is 1. The molecule has 0 saturated heterocycles. The molecule has 2 aliphatic rings. The van der Waals surface area contributed by atoms with E-state index in [4.69, 9.17) is 14.6 Å². The van der Waals surface area contributed by atoms with E-state index in [2.05, 4.69) is 5.10 Å². The minimum Gasteiger partial charge on any atom is -0.481 e. The van der Waals surface area contributed by atoms with Gasteiger partial charge in [0, 0.05) is 18.4 Å². The number of hydrogen-bond donors (Lipinski definition) is 1. The Morgan fingerprint density at radius 1 is 1.07 bits per heavy atom. The van der Waals surface area contributed by atoms with Gasteiger partial charge in [0.1, 0.15) is 0 Å². The number of nitrogens with zero attached hydrogens (tertiary/aromatic N) is 2. The number of hydrazone groups is 1. The maximum absolute atomic E-state index is 12.6. The molecule has 138 valence electrons. The van der Waals surface area contributed by atoms with Crippen molar-refractivity contribution in [1.29, 1.82) is 0 Å². The zero-order chi connectivity index (χ0) is 18.8. The Morgan fingerprint density at radius 3 is 2.63 bits per heavy atom. The highest BCUT2D eigenvalue weighted by Crippen LogP contribution is 2.37. The summed E-state index contributed by atoms with van der Waals surface area (Å²) in [6, 6.07) is 14.9. The molecule has 2 aliphatic heterocycles. The fourth-order valence-electron chi connectivity index (χ4n) is 3.25. The molecule has 4 rings (SSSR count). The molecule has 0 bridgehead atoms. The number of aliphatic carboxylic acids is 1. The van der Waals surface area contributed by atoms with Crippen molar-refractivity contribution in [2.45, 2.75) is 25.3 Å². The van der Waals surface area contributed by atoms with Crippen LogP contribution in [0.2, 0.25) is 0 Å². The van der Waals surface area contributed by atoms with Crippen LogP contribution in [0.1, 0.15) is 36.4 Å². The molecule has 1 amide bonds. The number of benzene rings is 2. The van der Waals surface area contributed by atoms with Gasteiger partial charge in [-0.05, 0) is 23.8 Å². The zero-order valence-corrected chi connectivity index (χ0v) is 14.5. The number of carboxylic acids is 1. The highest BCUT2D eigenvalue weighted by molar-refractivity contribution is 6.03. The molecule has 2 heterocycles. The first-order valence-corrected chi connectivity index (χ1v) is 8.68. The summed E-state index contributed by atoms with van der Waals surface area (Å²) < 4.78 is 10.8. The Bertz CT molecular complexity index is 910. The van der Waals surface area contributed by atoms with Crippen LogP contribution in [0.4, 0.5) is 0 Å². The van der Waals surface area contributed by atoms with Gasteiger partial charge in [0.15, 0.2) is 11.5 Å². The molecule has 1 atom stereocenters. The summed E-state index contributed by atoms with van der Waals surface area (Å²) in [6.07, 6.45) is 0.241. The smallest absolute Gasteiger partial charge is 0.303 e. The Labute approximate surface area is 155 Å². The summed E-state index contributed by atoms with van der Waals surface area (Å²) in [7, 11) is 0. The van der Waals surface area contributed by atoms with Crippen LogP contribution in [0.25, 0.3) is 0 Å². The molecule has 0 fully saturated rings. The quantitative estimate of drug-likeness (QED) is 0.879. The lowest BCUT2D eigenvalue weighted by Gasteiger charge is -2.21. The Balaban J connectivity index is 1.63. The van der Waals surface area contributed by atoms with E-state index in [1.807, 2.05) is 48.5 Å². The van der Waals surface area contributed by atoms with Gasteiger partial charge in [-0.1, -0.05) is 30.3 Å². The van der Waals surface area contributed by atoms with Gasteiger partial charge in [-0.25, -0.2) is 5.01 Å². The number of ether oxygens (including phenoxy) is 2. The Hall–Kier alpha value is -3.35. The molecular weight excluding hydrogens is 348 g/mol. The fourth-order valence-corrected chi connectivity index (χ4v) is 3.25. The first-order chi connectivity index (χ1) is 13.1. The SMILES string of the molecule is O=C(O)CCC(=O)N1N=C(c2ccc3c(c2)OCO3)C[C@@H]1c1ccccc1. The van der Waals surface area contributed by atoms with Crippen LogP contribution in [0.15, 0.2) is 53.6 Å². The van der Waals surface area contributed by atoms with Crippen LogP contribution in [-0.2, 0) is 9.59 Å². The van der Waals surface area contributed by atoms with Crippen molar-refractivity contribution in [2.24, 2.45) is 5.10 Å². The summed E-state index contributed by atoms with van der Waals surface area (Å²) in [6.45, 7) is 0.192. The molecule has 1 N–H and O–H groups in total. The van der Waals surface area contributed by atoms with Crippen LogP contribution in [0, 0.1) is 0 Å². The largest absolute Gasteiger partial charge is 0.481 e. The molecule has 2 aromatic rings. The topological polar surface area (TPSA) is 88.4 Å². The summed E-state index contributed by atoms with van der Waals surface area (Å²) in [5, 5.41) is 14.8. The van der Waals surface area contributed by atoms with Gasteiger partial charge in [-0.3, -0.25) is 9.59 Å². The van der Waals surface area contributed by atoms with Crippen molar-refractivity contribution in [3.63, 3.8) is 0 Å². The monoisotopic (exact) mass is 366 g/mol. The van der Waals surface area contributed by atoms with Crippen molar-refractivity contribution in [3.05, 3.63) is 59.7 Å². The first kappa shape index (κ1) is 17.1. The first-order valence-electron chi connectivity index (χ1n) is 8.68. The van der Waals surface area contributed by atoms with Gasteiger partial charge < -0.3 is 14.6 Å². The maximum Gasteiger partial charge on any atom is 0.303 e. The second-order valence-electron chi connectivity index (χ2n) is 6.38. The molecule has 7 heteroatoms. The van der Waals surface area contributed by atoms with Gasteiger partial charge in [0.2, 0.25) is 12.7 Å². The molecular formula is C20H18N2O5. The highest BCUT2D eigenvalue weighted by atomic mass is 16.7. The van der Waals surface area contributed by atoms with Crippen molar-refractivity contribution in [1.82, 2.24) is 5.01 Å². The van der Waals surface area contributed by atoms with Crippen molar-refractivity contribution < 1.29 is 24.2 Å². The van der Waals surface area contributed by atoms with Crippen LogP contribution in [0.5, 0.6) is 11.5 Å². The Kier molecular flexibility index (Phi) is 4.50. The summed E-state index contributed by atoms with van der Waals surface area (Å²) >= 11 is 0.